The van der Waals surface area contributed by atoms with Crippen LogP contribution in [0, 0.1) is 5.92 Å². The number of rotatable bonds is 3. The van der Waals surface area contributed by atoms with E-state index >= 15 is 0 Å². The molecule has 70 valence electrons. The van der Waals surface area contributed by atoms with Gasteiger partial charge < -0.3 is 10.2 Å². The zero-order valence-electron chi connectivity index (χ0n) is 7.06. The van der Waals surface area contributed by atoms with Gasteiger partial charge in [-0.3, -0.25) is 4.99 Å². The lowest BCUT2D eigenvalue weighted by Crippen LogP contribution is -2.29. The normalized spacial score (nSPS) is 21.6. The molecule has 0 aliphatic carbocycles. The molecule has 1 aliphatic rings. The van der Waals surface area contributed by atoms with Gasteiger partial charge in [0.05, 0.1) is 19.1 Å². The first-order valence-corrected chi connectivity index (χ1v) is 3.80. The lowest BCUT2D eigenvalue weighted by molar-refractivity contribution is 0.159. The smallest absolute Gasteiger partial charge is 0.114 e. The number of hydrogen-bond acceptors (Lipinski definition) is 4. The molecule has 0 amide bonds. The summed E-state index contributed by atoms with van der Waals surface area (Å²) in [7, 11) is 0. The summed E-state index contributed by atoms with van der Waals surface area (Å²) in [6, 6.07) is 0. The van der Waals surface area contributed by atoms with Crippen molar-refractivity contribution in [2.24, 2.45) is 16.1 Å². The average Bonchev–Trinajstić information content (AvgIpc) is 2.07. The molecule has 0 bridgehead atoms. The Balaban J connectivity index is 0.00000121. The summed E-state index contributed by atoms with van der Waals surface area (Å²) in [6.07, 6.45) is 3.53. The van der Waals surface area contributed by atoms with E-state index in [1.165, 1.54) is 0 Å². The monoisotopic (exact) mass is 191 g/mol. The maximum Gasteiger partial charge on any atom is 0.114 e. The van der Waals surface area contributed by atoms with Crippen LogP contribution in [0.1, 0.15) is 6.92 Å². The predicted molar refractivity (Wildman–Crippen MR) is 52.2 cm³/mol. The molecule has 5 heteroatoms. The standard InChI is InChI=1S/C7H13N3O.ClH/c1-2-11-10-5-7-3-8-6-9-4-7;/h5-7H,2-4H2,1H3,(H,8,9);1H. The zero-order chi connectivity index (χ0) is 7.94. The van der Waals surface area contributed by atoms with Gasteiger partial charge in [0, 0.05) is 12.5 Å². The molecule has 0 saturated carbocycles. The molecule has 0 aromatic rings. The molecule has 0 radical (unpaired) electrons. The van der Waals surface area contributed by atoms with Crippen LogP contribution in [-0.4, -0.2) is 32.2 Å². The third kappa shape index (κ3) is 4.18. The zero-order valence-corrected chi connectivity index (χ0v) is 7.88. The molecule has 1 rings (SSSR count). The van der Waals surface area contributed by atoms with Gasteiger partial charge in [-0.25, -0.2) is 0 Å². The first kappa shape index (κ1) is 11.2. The SMILES string of the molecule is CCON=CC1CN=CNC1.Cl. The quantitative estimate of drug-likeness (QED) is 0.527. The maximum atomic E-state index is 4.83. The molecule has 1 aliphatic heterocycles. The number of oxime groups is 1. The van der Waals surface area contributed by atoms with Gasteiger partial charge in [0.1, 0.15) is 6.61 Å². The van der Waals surface area contributed by atoms with E-state index in [9.17, 15) is 0 Å². The third-order valence-corrected chi connectivity index (χ3v) is 1.38. The van der Waals surface area contributed by atoms with E-state index in [2.05, 4.69) is 15.5 Å². The Morgan fingerprint density at radius 3 is 3.25 bits per heavy atom. The van der Waals surface area contributed by atoms with Crippen molar-refractivity contribution in [1.29, 1.82) is 0 Å². The second kappa shape index (κ2) is 6.91. The molecular formula is C7H14ClN3O. The lowest BCUT2D eigenvalue weighted by atomic mass is 10.1. The van der Waals surface area contributed by atoms with Gasteiger partial charge in [-0.2, -0.15) is 0 Å². The Bertz CT molecular complexity index is 161. The largest absolute Gasteiger partial charge is 0.396 e. The van der Waals surface area contributed by atoms with E-state index in [0.29, 0.717) is 12.5 Å². The number of halogens is 1. The predicted octanol–water partition coefficient (Wildman–Crippen LogP) is 0.678. The molecule has 0 fully saturated rings. The Kier molecular flexibility index (Phi) is 6.47. The van der Waals surface area contributed by atoms with Gasteiger partial charge in [0.25, 0.3) is 0 Å². The topological polar surface area (TPSA) is 46.0 Å². The van der Waals surface area contributed by atoms with Crippen molar-refractivity contribution in [2.45, 2.75) is 6.92 Å². The Morgan fingerprint density at radius 2 is 2.67 bits per heavy atom. The van der Waals surface area contributed by atoms with Crippen LogP contribution in [0.2, 0.25) is 0 Å². The highest BCUT2D eigenvalue weighted by molar-refractivity contribution is 5.85. The molecule has 0 saturated heterocycles. The highest BCUT2D eigenvalue weighted by Gasteiger charge is 2.06. The van der Waals surface area contributed by atoms with E-state index in [0.717, 1.165) is 13.1 Å². The summed E-state index contributed by atoms with van der Waals surface area (Å²) >= 11 is 0. The Labute approximate surface area is 78.5 Å². The molecule has 1 atom stereocenters. The van der Waals surface area contributed by atoms with Crippen LogP contribution >= 0.6 is 12.4 Å². The van der Waals surface area contributed by atoms with Gasteiger partial charge in [-0.15, -0.1) is 12.4 Å². The number of hydrogen-bond donors (Lipinski definition) is 1. The van der Waals surface area contributed by atoms with Crippen LogP contribution < -0.4 is 5.32 Å². The summed E-state index contributed by atoms with van der Waals surface area (Å²) in [6.45, 7) is 4.25. The van der Waals surface area contributed by atoms with Gasteiger partial charge >= 0.3 is 0 Å². The first-order chi connectivity index (χ1) is 5.43. The fraction of sp³-hybridized carbons (Fsp3) is 0.714. The summed E-state index contributed by atoms with van der Waals surface area (Å²) < 4.78 is 0. The molecular weight excluding hydrogens is 178 g/mol. The fourth-order valence-corrected chi connectivity index (χ4v) is 0.825. The van der Waals surface area contributed by atoms with E-state index in [1.54, 1.807) is 12.6 Å². The minimum atomic E-state index is 0. The van der Waals surface area contributed by atoms with Crippen LogP contribution in [0.4, 0.5) is 0 Å². The van der Waals surface area contributed by atoms with Crippen molar-refractivity contribution < 1.29 is 4.84 Å². The minimum Gasteiger partial charge on any atom is -0.396 e. The van der Waals surface area contributed by atoms with Crippen molar-refractivity contribution >= 4 is 25.0 Å². The third-order valence-electron chi connectivity index (χ3n) is 1.38. The number of nitrogens with zero attached hydrogens (tertiary/aromatic N) is 2. The van der Waals surface area contributed by atoms with Crippen LogP contribution in [0.15, 0.2) is 10.1 Å². The second-order valence-corrected chi connectivity index (χ2v) is 2.33. The highest BCUT2D eigenvalue weighted by atomic mass is 35.5. The maximum absolute atomic E-state index is 4.83. The van der Waals surface area contributed by atoms with Gasteiger partial charge in [0.15, 0.2) is 0 Å². The summed E-state index contributed by atoms with van der Waals surface area (Å²) in [5.74, 6) is 0.381. The molecule has 1 unspecified atom stereocenters. The summed E-state index contributed by atoms with van der Waals surface area (Å²) in [5, 5.41) is 6.80. The molecule has 1 N–H and O–H groups in total. The van der Waals surface area contributed by atoms with Crippen molar-refractivity contribution in [2.75, 3.05) is 19.7 Å². The van der Waals surface area contributed by atoms with E-state index in [-0.39, 0.29) is 12.4 Å². The number of nitrogens with one attached hydrogen (secondary N) is 1. The van der Waals surface area contributed by atoms with Crippen LogP contribution in [-0.2, 0) is 4.84 Å². The lowest BCUT2D eigenvalue weighted by Gasteiger charge is -2.12. The van der Waals surface area contributed by atoms with Gasteiger partial charge in [-0.05, 0) is 6.92 Å². The highest BCUT2D eigenvalue weighted by Crippen LogP contribution is 1.95. The van der Waals surface area contributed by atoms with Crippen molar-refractivity contribution in [3.8, 4) is 0 Å². The molecule has 1 heterocycles. The molecule has 4 nitrogen and oxygen atoms in total. The second-order valence-electron chi connectivity index (χ2n) is 2.33. The molecule has 0 spiro atoms. The fourth-order valence-electron chi connectivity index (χ4n) is 0.825. The molecule has 0 aromatic carbocycles. The van der Waals surface area contributed by atoms with Crippen LogP contribution in [0.3, 0.4) is 0 Å². The van der Waals surface area contributed by atoms with Crippen LogP contribution in [0.5, 0.6) is 0 Å². The van der Waals surface area contributed by atoms with Crippen molar-refractivity contribution in [3.05, 3.63) is 0 Å². The van der Waals surface area contributed by atoms with E-state index in [1.807, 2.05) is 6.92 Å². The van der Waals surface area contributed by atoms with E-state index < -0.39 is 0 Å². The first-order valence-electron chi connectivity index (χ1n) is 3.80. The minimum absolute atomic E-state index is 0. The van der Waals surface area contributed by atoms with Gasteiger partial charge in [-0.1, -0.05) is 5.16 Å². The molecule has 12 heavy (non-hydrogen) atoms. The number of aliphatic imine (C=N–C) groups is 1. The Hall–Kier alpha value is -0.770. The summed E-state index contributed by atoms with van der Waals surface area (Å²) in [5.41, 5.74) is 0. The van der Waals surface area contributed by atoms with Gasteiger partial charge in [0.2, 0.25) is 0 Å². The molecule has 0 aromatic heterocycles. The van der Waals surface area contributed by atoms with Crippen molar-refractivity contribution in [3.63, 3.8) is 0 Å². The average molecular weight is 192 g/mol. The summed E-state index contributed by atoms with van der Waals surface area (Å²) in [4.78, 5) is 8.88. The van der Waals surface area contributed by atoms with Crippen molar-refractivity contribution in [1.82, 2.24) is 5.32 Å². The van der Waals surface area contributed by atoms with Crippen LogP contribution in [0.25, 0.3) is 0 Å². The van der Waals surface area contributed by atoms with E-state index in [4.69, 9.17) is 4.84 Å². The Morgan fingerprint density at radius 1 is 1.83 bits per heavy atom.